The van der Waals surface area contributed by atoms with E-state index in [0.29, 0.717) is 6.10 Å². The summed E-state index contributed by atoms with van der Waals surface area (Å²) in [5.41, 5.74) is 0. The van der Waals surface area contributed by atoms with Gasteiger partial charge in [-0.15, -0.1) is 0 Å². The van der Waals surface area contributed by atoms with Gasteiger partial charge in [-0.25, -0.2) is 0 Å². The molecule has 1 nitrogen and oxygen atoms in total. The molecule has 0 amide bonds. The Morgan fingerprint density at radius 1 is 1.50 bits per heavy atom. The van der Waals surface area contributed by atoms with E-state index in [9.17, 15) is 0 Å². The monoisotopic (exact) mass is 112 g/mol. The van der Waals surface area contributed by atoms with Gasteiger partial charge in [0, 0.05) is 6.61 Å². The fraction of sp³-hybridized carbons (Fsp3) is 1.00. The van der Waals surface area contributed by atoms with E-state index in [1.807, 2.05) is 0 Å². The summed E-state index contributed by atoms with van der Waals surface area (Å²) < 4.78 is 5.43. The highest BCUT2D eigenvalue weighted by Gasteiger charge is 2.43. The van der Waals surface area contributed by atoms with E-state index < -0.39 is 0 Å². The molecule has 0 bridgehead atoms. The summed E-state index contributed by atoms with van der Waals surface area (Å²) in [5, 5.41) is 0. The second-order valence-electron chi connectivity index (χ2n) is 3.02. The number of rotatable bonds is 0. The zero-order valence-corrected chi connectivity index (χ0v) is 5.26. The minimum atomic E-state index is 0.578. The van der Waals surface area contributed by atoms with Crippen LogP contribution in [-0.4, -0.2) is 12.7 Å². The van der Waals surface area contributed by atoms with Crippen LogP contribution in [0.25, 0.3) is 0 Å². The van der Waals surface area contributed by atoms with Crippen LogP contribution in [0.2, 0.25) is 0 Å². The van der Waals surface area contributed by atoms with Gasteiger partial charge in [0.15, 0.2) is 0 Å². The van der Waals surface area contributed by atoms with Crippen molar-refractivity contribution in [1.29, 1.82) is 0 Å². The van der Waals surface area contributed by atoms with Crippen molar-refractivity contribution in [3.8, 4) is 0 Å². The van der Waals surface area contributed by atoms with Crippen LogP contribution in [0.5, 0.6) is 0 Å². The second-order valence-corrected chi connectivity index (χ2v) is 3.02. The maximum atomic E-state index is 5.43. The molecule has 1 aliphatic heterocycles. The normalized spacial score (nSPS) is 52.9. The summed E-state index contributed by atoms with van der Waals surface area (Å²) in [4.78, 5) is 0. The van der Waals surface area contributed by atoms with E-state index in [2.05, 4.69) is 6.92 Å². The van der Waals surface area contributed by atoms with Gasteiger partial charge in [-0.1, -0.05) is 0 Å². The lowest BCUT2D eigenvalue weighted by Gasteiger charge is -2.17. The lowest BCUT2D eigenvalue weighted by Crippen LogP contribution is -2.17. The van der Waals surface area contributed by atoms with Crippen molar-refractivity contribution < 1.29 is 4.74 Å². The van der Waals surface area contributed by atoms with Crippen molar-refractivity contribution in [1.82, 2.24) is 0 Å². The average Bonchev–Trinajstić information content (AvgIpc) is 2.45. The first-order valence-electron chi connectivity index (χ1n) is 3.49. The van der Waals surface area contributed by atoms with Gasteiger partial charge in [0.05, 0.1) is 6.10 Å². The molecule has 3 atom stereocenters. The summed E-state index contributed by atoms with van der Waals surface area (Å²) in [6, 6.07) is 0. The summed E-state index contributed by atoms with van der Waals surface area (Å²) in [6.45, 7) is 3.21. The maximum absolute atomic E-state index is 5.43. The van der Waals surface area contributed by atoms with Crippen molar-refractivity contribution in [2.24, 2.45) is 11.8 Å². The van der Waals surface area contributed by atoms with Crippen molar-refractivity contribution in [2.75, 3.05) is 6.61 Å². The summed E-state index contributed by atoms with van der Waals surface area (Å²) in [5.74, 6) is 2.00. The van der Waals surface area contributed by atoms with E-state index in [4.69, 9.17) is 4.74 Å². The first kappa shape index (κ1) is 4.80. The highest BCUT2D eigenvalue weighted by atomic mass is 16.5. The molecule has 1 saturated carbocycles. The topological polar surface area (TPSA) is 9.23 Å². The zero-order valence-electron chi connectivity index (χ0n) is 5.26. The van der Waals surface area contributed by atoms with Gasteiger partial charge in [0.1, 0.15) is 0 Å². The van der Waals surface area contributed by atoms with Crippen LogP contribution >= 0.6 is 0 Å². The molecule has 0 aromatic rings. The Balaban J connectivity index is 1.99. The highest BCUT2D eigenvalue weighted by Crippen LogP contribution is 2.47. The molecule has 2 rings (SSSR count). The molecule has 1 aliphatic carbocycles. The molecule has 0 spiro atoms. The molecule has 2 fully saturated rings. The molecule has 0 radical (unpaired) electrons. The van der Waals surface area contributed by atoms with Gasteiger partial charge < -0.3 is 4.74 Å². The lowest BCUT2D eigenvalue weighted by molar-refractivity contribution is 0.0195. The van der Waals surface area contributed by atoms with Crippen molar-refractivity contribution in [3.63, 3.8) is 0 Å². The van der Waals surface area contributed by atoms with E-state index >= 15 is 0 Å². The number of ether oxygens (including phenoxy) is 1. The summed E-state index contributed by atoms with van der Waals surface area (Å²) in [7, 11) is 0. The average molecular weight is 112 g/mol. The molecule has 0 aromatic carbocycles. The van der Waals surface area contributed by atoms with E-state index in [1.165, 1.54) is 12.8 Å². The van der Waals surface area contributed by atoms with Gasteiger partial charge in [-0.05, 0) is 31.6 Å². The predicted octanol–water partition coefficient (Wildman–Crippen LogP) is 1.43. The molecule has 2 aliphatic rings. The third-order valence-corrected chi connectivity index (χ3v) is 2.45. The quantitative estimate of drug-likeness (QED) is 0.460. The molecule has 1 saturated heterocycles. The molecule has 0 N–H and O–H groups in total. The Hall–Kier alpha value is -0.0400. The minimum Gasteiger partial charge on any atom is -0.378 e. The smallest absolute Gasteiger partial charge is 0.0577 e. The van der Waals surface area contributed by atoms with Gasteiger partial charge in [0.2, 0.25) is 0 Å². The Bertz CT molecular complexity index is 101. The fourth-order valence-corrected chi connectivity index (χ4v) is 1.71. The van der Waals surface area contributed by atoms with Crippen LogP contribution in [0.15, 0.2) is 0 Å². The largest absolute Gasteiger partial charge is 0.378 e. The summed E-state index contributed by atoms with van der Waals surface area (Å²) in [6.07, 6.45) is 3.35. The van der Waals surface area contributed by atoms with E-state index in [-0.39, 0.29) is 0 Å². The molecule has 8 heavy (non-hydrogen) atoms. The molecule has 1 heterocycles. The van der Waals surface area contributed by atoms with Gasteiger partial charge in [-0.3, -0.25) is 0 Å². The van der Waals surface area contributed by atoms with Crippen LogP contribution < -0.4 is 0 Å². The standard InChI is InChI=1S/C7H12O/c1-5-7-4-6(7)2-3-8-5/h5-7H,2-4H2,1H3/t5-,6+,7+/m0/s1. The van der Waals surface area contributed by atoms with Crippen LogP contribution in [0.3, 0.4) is 0 Å². The highest BCUT2D eigenvalue weighted by molar-refractivity contribution is 4.92. The van der Waals surface area contributed by atoms with Crippen LogP contribution in [0, 0.1) is 11.8 Å². The fourth-order valence-electron chi connectivity index (χ4n) is 1.71. The minimum absolute atomic E-state index is 0.578. The SMILES string of the molecule is C[C@@H]1OCC[C@@H]2C[C@@H]21. The van der Waals surface area contributed by atoms with Crippen LogP contribution in [-0.2, 0) is 4.74 Å². The molecule has 0 unspecified atom stereocenters. The van der Waals surface area contributed by atoms with E-state index in [1.54, 1.807) is 0 Å². The van der Waals surface area contributed by atoms with Crippen molar-refractivity contribution >= 4 is 0 Å². The Morgan fingerprint density at radius 2 is 2.38 bits per heavy atom. The molecule has 1 heteroatoms. The molecular weight excluding hydrogens is 100 g/mol. The first-order chi connectivity index (χ1) is 3.88. The zero-order chi connectivity index (χ0) is 5.56. The Kier molecular flexibility index (Phi) is 0.884. The van der Waals surface area contributed by atoms with E-state index in [0.717, 1.165) is 18.4 Å². The second kappa shape index (κ2) is 1.47. The molecular formula is C7H12O. The molecule has 46 valence electrons. The third-order valence-electron chi connectivity index (χ3n) is 2.45. The van der Waals surface area contributed by atoms with Crippen LogP contribution in [0.4, 0.5) is 0 Å². The van der Waals surface area contributed by atoms with Gasteiger partial charge in [0.25, 0.3) is 0 Å². The number of fused-ring (bicyclic) bond motifs is 1. The summed E-state index contributed by atoms with van der Waals surface area (Å²) >= 11 is 0. The van der Waals surface area contributed by atoms with Gasteiger partial charge in [-0.2, -0.15) is 0 Å². The van der Waals surface area contributed by atoms with Crippen LogP contribution in [0.1, 0.15) is 19.8 Å². The Morgan fingerprint density at radius 3 is 3.00 bits per heavy atom. The first-order valence-corrected chi connectivity index (χ1v) is 3.49. The number of hydrogen-bond donors (Lipinski definition) is 0. The van der Waals surface area contributed by atoms with Crippen molar-refractivity contribution in [3.05, 3.63) is 0 Å². The van der Waals surface area contributed by atoms with Gasteiger partial charge >= 0.3 is 0 Å². The maximum Gasteiger partial charge on any atom is 0.0577 e. The predicted molar refractivity (Wildman–Crippen MR) is 31.6 cm³/mol. The third kappa shape index (κ3) is 0.576. The molecule has 0 aromatic heterocycles. The lowest BCUT2D eigenvalue weighted by atomic mass is 10.1. The Labute approximate surface area is 50.0 Å². The van der Waals surface area contributed by atoms with Crippen molar-refractivity contribution in [2.45, 2.75) is 25.9 Å². The number of hydrogen-bond acceptors (Lipinski definition) is 1.